The minimum absolute atomic E-state index is 0.0888. The van der Waals surface area contributed by atoms with Crippen molar-refractivity contribution in [1.29, 1.82) is 5.26 Å². The quantitative estimate of drug-likeness (QED) is 0.434. The lowest BCUT2D eigenvalue weighted by Crippen LogP contribution is -2.70. The Labute approximate surface area is 226 Å². The number of nitrogens with zero attached hydrogens (tertiary/aromatic N) is 2. The fraction of sp³-hybridized carbons (Fsp3) is 0.630. The highest BCUT2D eigenvalue weighted by Crippen LogP contribution is 2.49. The zero-order valence-electron chi connectivity index (χ0n) is 21.6. The van der Waals surface area contributed by atoms with Crippen LogP contribution in [0.3, 0.4) is 0 Å². The van der Waals surface area contributed by atoms with E-state index in [1.54, 1.807) is 24.3 Å². The Morgan fingerprint density at radius 3 is 2.66 bits per heavy atom. The predicted octanol–water partition coefficient (Wildman–Crippen LogP) is 3.72. The highest BCUT2D eigenvalue weighted by molar-refractivity contribution is 6.30. The Morgan fingerprint density at radius 1 is 1.29 bits per heavy atom. The van der Waals surface area contributed by atoms with Crippen LogP contribution in [-0.2, 0) is 14.4 Å². The van der Waals surface area contributed by atoms with Crippen molar-refractivity contribution in [3.63, 3.8) is 0 Å². The molecule has 4 aliphatic rings. The van der Waals surface area contributed by atoms with Gasteiger partial charge >= 0.3 is 0 Å². The second kappa shape index (κ2) is 11.4. The number of halogens is 3. The molecular formula is C27H34ClF2N5O3. The summed E-state index contributed by atoms with van der Waals surface area (Å²) >= 11 is 6.12. The summed E-state index contributed by atoms with van der Waals surface area (Å²) in [6, 6.07) is 4.89. The molecule has 11 heteroatoms. The number of hydrogen-bond acceptors (Lipinski definition) is 5. The van der Waals surface area contributed by atoms with Crippen LogP contribution in [0.5, 0.6) is 0 Å². The van der Waals surface area contributed by atoms with Crippen LogP contribution in [0.2, 0.25) is 5.02 Å². The molecule has 206 valence electrons. The third-order valence-electron chi connectivity index (χ3n) is 7.78. The van der Waals surface area contributed by atoms with Crippen LogP contribution in [0.25, 0.3) is 0 Å². The van der Waals surface area contributed by atoms with Crippen molar-refractivity contribution in [2.75, 3.05) is 11.9 Å². The van der Waals surface area contributed by atoms with E-state index in [2.05, 4.69) is 16.0 Å². The molecule has 2 bridgehead atoms. The van der Waals surface area contributed by atoms with Crippen LogP contribution in [0.15, 0.2) is 24.3 Å². The monoisotopic (exact) mass is 549 g/mol. The van der Waals surface area contributed by atoms with Crippen molar-refractivity contribution in [2.45, 2.75) is 82.5 Å². The molecule has 3 heterocycles. The molecule has 0 radical (unpaired) electrons. The van der Waals surface area contributed by atoms with Crippen molar-refractivity contribution in [3.05, 3.63) is 29.3 Å². The zero-order chi connectivity index (χ0) is 27.6. The summed E-state index contributed by atoms with van der Waals surface area (Å²) in [6.45, 7) is 4.40. The van der Waals surface area contributed by atoms with E-state index < -0.39 is 60.2 Å². The van der Waals surface area contributed by atoms with Gasteiger partial charge in [-0.25, -0.2) is 8.78 Å². The van der Waals surface area contributed by atoms with Crippen LogP contribution in [0.4, 0.5) is 14.5 Å². The fourth-order valence-corrected chi connectivity index (χ4v) is 6.22. The minimum Gasteiger partial charge on any atom is -0.374 e. The molecule has 4 fully saturated rings. The van der Waals surface area contributed by atoms with Crippen molar-refractivity contribution < 1.29 is 23.2 Å². The van der Waals surface area contributed by atoms with Gasteiger partial charge in [0.15, 0.2) is 0 Å². The van der Waals surface area contributed by atoms with Crippen molar-refractivity contribution in [3.8, 4) is 6.07 Å². The van der Waals surface area contributed by atoms with Gasteiger partial charge in [-0.15, -0.1) is 0 Å². The number of carbonyl (C=O) groups excluding carboxylic acids is 3. The van der Waals surface area contributed by atoms with E-state index in [9.17, 15) is 19.6 Å². The van der Waals surface area contributed by atoms with Gasteiger partial charge in [0.2, 0.25) is 17.7 Å². The fourth-order valence-electron chi connectivity index (χ4n) is 6.03. The van der Waals surface area contributed by atoms with E-state index in [0.29, 0.717) is 36.5 Å². The molecule has 8 nitrogen and oxygen atoms in total. The second-order valence-corrected chi connectivity index (χ2v) is 11.5. The third-order valence-corrected chi connectivity index (χ3v) is 8.02. The number of alkyl halides is 2. The minimum atomic E-state index is -3.11. The number of piperidine rings is 2. The summed E-state index contributed by atoms with van der Waals surface area (Å²) in [4.78, 5) is 40.9. The van der Waals surface area contributed by atoms with Gasteiger partial charge < -0.3 is 20.9 Å². The smallest absolute Gasteiger partial charge is 0.255 e. The molecule has 6 atom stereocenters. The molecular weight excluding hydrogens is 516 g/mol. The molecule has 1 aromatic rings. The maximum atomic E-state index is 15.1. The average molecular weight is 550 g/mol. The summed E-state index contributed by atoms with van der Waals surface area (Å²) in [6.07, 6.45) is 1.04. The van der Waals surface area contributed by atoms with E-state index in [4.69, 9.17) is 11.6 Å². The highest BCUT2D eigenvalue weighted by Gasteiger charge is 2.61. The topological polar surface area (TPSA) is 114 Å². The average Bonchev–Trinajstić information content (AvgIpc) is 3.25. The lowest BCUT2D eigenvalue weighted by molar-refractivity contribution is -0.194. The predicted molar refractivity (Wildman–Crippen MR) is 138 cm³/mol. The summed E-state index contributed by atoms with van der Waals surface area (Å²) in [5.41, 5.74) is 0.615. The van der Waals surface area contributed by atoms with Gasteiger partial charge in [0.05, 0.1) is 12.0 Å². The highest BCUT2D eigenvalue weighted by atomic mass is 35.5. The Hall–Kier alpha value is -2.93. The van der Waals surface area contributed by atoms with Crippen LogP contribution in [0, 0.1) is 29.1 Å². The molecule has 0 spiro atoms. The molecule has 3 aliphatic heterocycles. The van der Waals surface area contributed by atoms with Crippen molar-refractivity contribution in [1.82, 2.24) is 15.5 Å². The van der Waals surface area contributed by atoms with Gasteiger partial charge in [0, 0.05) is 35.6 Å². The maximum absolute atomic E-state index is 15.1. The number of hydrogen-bond donors (Lipinski definition) is 3. The molecule has 0 aromatic heterocycles. The van der Waals surface area contributed by atoms with Gasteiger partial charge in [-0.3, -0.25) is 14.4 Å². The van der Waals surface area contributed by atoms with E-state index >= 15 is 8.78 Å². The standard InChI is InChI=1S/C27H34ClF2N5O3/c1-15(2)10-22(33-18-5-3-4-17(28)12-18)26(38)35-20-6-7-21(27(29,30)13-20)23(35)25(37)34-19(14-31)11-16-8-9-32-24(16)36/h3-5,12,15-16,19-23,33H,6-11,13H2,1-2H3,(H,32,36)(H,34,37)/t16-,19-,20+,21+,22+,23+/m1/s1. The Balaban J connectivity index is 1.59. The van der Waals surface area contributed by atoms with E-state index in [0.717, 1.165) is 0 Å². The maximum Gasteiger partial charge on any atom is 0.255 e. The Bertz CT molecular complexity index is 1110. The van der Waals surface area contributed by atoms with Gasteiger partial charge in [0.25, 0.3) is 5.92 Å². The molecule has 3 N–H and O–H groups in total. The van der Waals surface area contributed by atoms with Crippen molar-refractivity contribution in [2.24, 2.45) is 17.8 Å². The van der Waals surface area contributed by atoms with Gasteiger partial charge in [-0.2, -0.15) is 5.26 Å². The summed E-state index contributed by atoms with van der Waals surface area (Å²) in [5, 5.41) is 18.6. The number of carbonyl (C=O) groups is 3. The van der Waals surface area contributed by atoms with E-state index in [1.807, 2.05) is 19.9 Å². The first-order valence-electron chi connectivity index (χ1n) is 13.2. The lowest BCUT2D eigenvalue weighted by atomic mass is 9.71. The largest absolute Gasteiger partial charge is 0.374 e. The molecule has 1 saturated carbocycles. The molecule has 0 unspecified atom stereocenters. The van der Waals surface area contributed by atoms with Crippen LogP contribution >= 0.6 is 11.6 Å². The summed E-state index contributed by atoms with van der Waals surface area (Å²) in [5.74, 6) is -6.18. The number of amides is 3. The molecule has 38 heavy (non-hydrogen) atoms. The SMILES string of the molecule is CC(C)C[C@H](Nc1cccc(Cl)c1)C(=O)N1[C@H]2CC[C@@H]([C@H]1C(=O)N[C@@H](C#N)C[C@H]1CCNC1=O)C(F)(F)C2. The number of nitrogens with one attached hydrogen (secondary N) is 3. The summed E-state index contributed by atoms with van der Waals surface area (Å²) in [7, 11) is 0. The molecule has 5 rings (SSSR count). The number of benzene rings is 1. The molecule has 3 saturated heterocycles. The lowest BCUT2D eigenvalue weighted by Gasteiger charge is -2.54. The molecule has 1 aromatic carbocycles. The first kappa shape index (κ1) is 28.1. The van der Waals surface area contributed by atoms with Crippen LogP contribution in [0.1, 0.15) is 52.4 Å². The number of nitriles is 1. The summed E-state index contributed by atoms with van der Waals surface area (Å²) < 4.78 is 30.2. The molecule has 1 aliphatic carbocycles. The van der Waals surface area contributed by atoms with Crippen molar-refractivity contribution >= 4 is 35.0 Å². The first-order chi connectivity index (χ1) is 18.0. The van der Waals surface area contributed by atoms with Gasteiger partial charge in [0.1, 0.15) is 18.1 Å². The first-order valence-corrected chi connectivity index (χ1v) is 13.6. The second-order valence-electron chi connectivity index (χ2n) is 11.0. The molecule has 3 amide bonds. The normalized spacial score (nSPS) is 27.4. The number of anilines is 1. The Morgan fingerprint density at radius 2 is 2.05 bits per heavy atom. The zero-order valence-corrected chi connectivity index (χ0v) is 22.3. The number of fused-ring (bicyclic) bond motifs is 3. The van der Waals surface area contributed by atoms with Crippen LogP contribution in [-0.4, -0.2) is 59.3 Å². The van der Waals surface area contributed by atoms with E-state index in [1.165, 1.54) is 4.90 Å². The van der Waals surface area contributed by atoms with Gasteiger partial charge in [-0.05, 0) is 56.2 Å². The third kappa shape index (κ3) is 6.04. The number of rotatable bonds is 9. The Kier molecular flexibility index (Phi) is 8.46. The van der Waals surface area contributed by atoms with E-state index in [-0.39, 0.29) is 24.7 Å². The van der Waals surface area contributed by atoms with Crippen LogP contribution < -0.4 is 16.0 Å². The van der Waals surface area contributed by atoms with Gasteiger partial charge in [-0.1, -0.05) is 31.5 Å².